The first-order chi connectivity index (χ1) is 7.51. The van der Waals surface area contributed by atoms with E-state index in [1.165, 1.54) is 0 Å². The fourth-order valence-electron chi connectivity index (χ4n) is 1.74. The van der Waals surface area contributed by atoms with E-state index in [1.807, 2.05) is 11.7 Å². The van der Waals surface area contributed by atoms with Crippen molar-refractivity contribution in [2.24, 2.45) is 18.8 Å². The molecule has 0 radical (unpaired) electrons. The molecule has 0 bridgehead atoms. The van der Waals surface area contributed by atoms with Crippen LogP contribution in [0.15, 0.2) is 0 Å². The van der Waals surface area contributed by atoms with E-state index in [0.29, 0.717) is 5.92 Å². The quantitative estimate of drug-likeness (QED) is 0.612. The van der Waals surface area contributed by atoms with Crippen LogP contribution in [0.2, 0.25) is 5.02 Å². The van der Waals surface area contributed by atoms with Crippen LogP contribution in [0.4, 0.5) is 0 Å². The highest BCUT2D eigenvalue weighted by Crippen LogP contribution is 2.23. The van der Waals surface area contributed by atoms with Crippen molar-refractivity contribution in [2.45, 2.75) is 39.7 Å². The van der Waals surface area contributed by atoms with Gasteiger partial charge in [-0.3, -0.25) is 16.0 Å². The van der Waals surface area contributed by atoms with Gasteiger partial charge in [0.15, 0.2) is 0 Å². The van der Waals surface area contributed by atoms with E-state index < -0.39 is 0 Å². The van der Waals surface area contributed by atoms with Crippen LogP contribution in [0.3, 0.4) is 0 Å². The van der Waals surface area contributed by atoms with Crippen LogP contribution in [0.25, 0.3) is 0 Å². The lowest BCUT2D eigenvalue weighted by Crippen LogP contribution is -2.41. The first-order valence-corrected chi connectivity index (χ1v) is 6.05. The summed E-state index contributed by atoms with van der Waals surface area (Å²) in [6.45, 7) is 6.32. The van der Waals surface area contributed by atoms with Gasteiger partial charge in [0.25, 0.3) is 0 Å². The van der Waals surface area contributed by atoms with E-state index in [0.717, 1.165) is 29.3 Å². The highest BCUT2D eigenvalue weighted by atomic mass is 35.5. The summed E-state index contributed by atoms with van der Waals surface area (Å²) in [7, 11) is 1.92. The van der Waals surface area contributed by atoms with Crippen LogP contribution < -0.4 is 11.3 Å². The van der Waals surface area contributed by atoms with Crippen LogP contribution >= 0.6 is 11.6 Å². The second-order valence-corrected chi connectivity index (χ2v) is 4.78. The standard InChI is InChI=1S/C11H21ClN4/c1-5-8-11(12)10(16(4)15-8)6-9(14-13)7(2)3/h7,9,14H,5-6,13H2,1-4H3. The maximum atomic E-state index is 6.28. The predicted molar refractivity (Wildman–Crippen MR) is 67.2 cm³/mol. The number of aromatic nitrogens is 2. The molecule has 1 heterocycles. The number of rotatable bonds is 5. The second kappa shape index (κ2) is 5.66. The minimum absolute atomic E-state index is 0.220. The van der Waals surface area contributed by atoms with Gasteiger partial charge in [0.2, 0.25) is 0 Å². The molecule has 0 saturated carbocycles. The van der Waals surface area contributed by atoms with Gasteiger partial charge < -0.3 is 0 Å². The number of nitrogens with zero attached hydrogens (tertiary/aromatic N) is 2. The van der Waals surface area contributed by atoms with Gasteiger partial charge in [-0.05, 0) is 12.3 Å². The van der Waals surface area contributed by atoms with Gasteiger partial charge >= 0.3 is 0 Å². The zero-order valence-corrected chi connectivity index (χ0v) is 11.2. The molecule has 1 unspecified atom stereocenters. The molecule has 0 amide bonds. The largest absolute Gasteiger partial charge is 0.271 e. The monoisotopic (exact) mass is 244 g/mol. The Hall–Kier alpha value is -0.580. The smallest absolute Gasteiger partial charge is 0.0850 e. The van der Waals surface area contributed by atoms with Crippen molar-refractivity contribution in [3.8, 4) is 0 Å². The number of halogens is 1. The number of nitrogens with two attached hydrogens (primary N) is 1. The number of nitrogens with one attached hydrogen (secondary N) is 1. The van der Waals surface area contributed by atoms with Crippen LogP contribution in [0.1, 0.15) is 32.2 Å². The zero-order valence-electron chi connectivity index (χ0n) is 10.4. The van der Waals surface area contributed by atoms with Crippen molar-refractivity contribution in [3.63, 3.8) is 0 Å². The summed E-state index contributed by atoms with van der Waals surface area (Å²) in [6, 6.07) is 0.220. The Kier molecular flexibility index (Phi) is 4.77. The van der Waals surface area contributed by atoms with Crippen LogP contribution in [-0.4, -0.2) is 15.8 Å². The number of hydrazine groups is 1. The molecule has 92 valence electrons. The molecule has 0 aliphatic rings. The van der Waals surface area contributed by atoms with Gasteiger partial charge in [0.1, 0.15) is 0 Å². The van der Waals surface area contributed by atoms with Gasteiger partial charge in [-0.2, -0.15) is 5.10 Å². The summed E-state index contributed by atoms with van der Waals surface area (Å²) in [5, 5.41) is 5.17. The Morgan fingerprint density at radius 1 is 1.50 bits per heavy atom. The van der Waals surface area contributed by atoms with Gasteiger partial charge in [-0.15, -0.1) is 0 Å². The maximum absolute atomic E-state index is 6.28. The average Bonchev–Trinajstić information content (AvgIpc) is 2.51. The minimum atomic E-state index is 0.220. The molecule has 5 heteroatoms. The van der Waals surface area contributed by atoms with E-state index >= 15 is 0 Å². The van der Waals surface area contributed by atoms with E-state index in [1.54, 1.807) is 0 Å². The molecule has 0 fully saturated rings. The molecule has 3 N–H and O–H groups in total. The van der Waals surface area contributed by atoms with E-state index in [2.05, 4.69) is 31.3 Å². The first kappa shape index (κ1) is 13.5. The SMILES string of the molecule is CCc1nn(C)c(CC(NN)C(C)C)c1Cl. The topological polar surface area (TPSA) is 55.9 Å². The highest BCUT2D eigenvalue weighted by molar-refractivity contribution is 6.31. The van der Waals surface area contributed by atoms with Crippen LogP contribution in [0, 0.1) is 5.92 Å². The van der Waals surface area contributed by atoms with E-state index in [4.69, 9.17) is 17.4 Å². The molecular formula is C11H21ClN4. The Balaban J connectivity index is 2.91. The van der Waals surface area contributed by atoms with Gasteiger partial charge in [-0.25, -0.2) is 0 Å². The Labute approximate surface area is 102 Å². The molecule has 4 nitrogen and oxygen atoms in total. The van der Waals surface area contributed by atoms with Crippen molar-refractivity contribution >= 4 is 11.6 Å². The molecule has 0 saturated heterocycles. The third kappa shape index (κ3) is 2.75. The zero-order chi connectivity index (χ0) is 12.3. The van der Waals surface area contributed by atoms with Crippen molar-refractivity contribution in [2.75, 3.05) is 0 Å². The fraction of sp³-hybridized carbons (Fsp3) is 0.727. The normalized spacial score (nSPS) is 13.4. The molecule has 0 aromatic carbocycles. The molecule has 1 rings (SSSR count). The summed E-state index contributed by atoms with van der Waals surface area (Å²) < 4.78 is 1.86. The van der Waals surface area contributed by atoms with Crippen molar-refractivity contribution in [1.29, 1.82) is 0 Å². The Morgan fingerprint density at radius 2 is 2.12 bits per heavy atom. The van der Waals surface area contributed by atoms with E-state index in [-0.39, 0.29) is 6.04 Å². The molecule has 0 aliphatic heterocycles. The Morgan fingerprint density at radius 3 is 2.50 bits per heavy atom. The molecule has 16 heavy (non-hydrogen) atoms. The lowest BCUT2D eigenvalue weighted by molar-refractivity contribution is 0.396. The molecule has 0 aliphatic carbocycles. The van der Waals surface area contributed by atoms with E-state index in [9.17, 15) is 0 Å². The average molecular weight is 245 g/mol. The van der Waals surface area contributed by atoms with Crippen molar-refractivity contribution < 1.29 is 0 Å². The van der Waals surface area contributed by atoms with Crippen LogP contribution in [-0.2, 0) is 19.9 Å². The van der Waals surface area contributed by atoms with Gasteiger partial charge in [0.05, 0.1) is 16.4 Å². The first-order valence-electron chi connectivity index (χ1n) is 5.67. The highest BCUT2D eigenvalue weighted by Gasteiger charge is 2.19. The third-order valence-corrected chi connectivity index (χ3v) is 3.37. The number of hydrogen-bond donors (Lipinski definition) is 2. The second-order valence-electron chi connectivity index (χ2n) is 4.41. The molecule has 1 atom stereocenters. The summed E-state index contributed by atoms with van der Waals surface area (Å²) in [6.07, 6.45) is 1.66. The minimum Gasteiger partial charge on any atom is -0.271 e. The fourth-order valence-corrected chi connectivity index (χ4v) is 2.11. The third-order valence-electron chi connectivity index (χ3n) is 2.94. The maximum Gasteiger partial charge on any atom is 0.0850 e. The molecule has 1 aromatic rings. The summed E-state index contributed by atoms with van der Waals surface area (Å²) in [5.41, 5.74) is 4.84. The lowest BCUT2D eigenvalue weighted by Gasteiger charge is -2.19. The summed E-state index contributed by atoms with van der Waals surface area (Å²) in [5.74, 6) is 6.00. The lowest BCUT2D eigenvalue weighted by atomic mass is 10.00. The molecule has 1 aromatic heterocycles. The van der Waals surface area contributed by atoms with Crippen LogP contribution in [0.5, 0.6) is 0 Å². The van der Waals surface area contributed by atoms with Crippen molar-refractivity contribution in [1.82, 2.24) is 15.2 Å². The number of aryl methyl sites for hydroxylation is 2. The van der Waals surface area contributed by atoms with Crippen molar-refractivity contribution in [3.05, 3.63) is 16.4 Å². The van der Waals surface area contributed by atoms with Gasteiger partial charge in [0, 0.05) is 19.5 Å². The number of hydrogen-bond acceptors (Lipinski definition) is 3. The summed E-state index contributed by atoms with van der Waals surface area (Å²) in [4.78, 5) is 0. The molecular weight excluding hydrogens is 224 g/mol. The predicted octanol–water partition coefficient (Wildman–Crippen LogP) is 1.67. The summed E-state index contributed by atoms with van der Waals surface area (Å²) >= 11 is 6.28. The van der Waals surface area contributed by atoms with Gasteiger partial charge in [-0.1, -0.05) is 32.4 Å². The Bertz CT molecular complexity index is 346. The molecule has 0 spiro atoms.